The molecule has 1 N–H and O–H groups in total. The number of nitrogens with one attached hydrogen (secondary N) is 1. The van der Waals surface area contributed by atoms with E-state index in [9.17, 15) is 9.59 Å². The van der Waals surface area contributed by atoms with E-state index in [-0.39, 0.29) is 25.0 Å². The quantitative estimate of drug-likeness (QED) is 0.560. The smallest absolute Gasteiger partial charge is 0.261 e. The Morgan fingerprint density at radius 3 is 2.56 bits per heavy atom. The van der Waals surface area contributed by atoms with Gasteiger partial charge in [0.1, 0.15) is 11.8 Å². The zero-order valence-electron chi connectivity index (χ0n) is 15.2. The molecule has 0 bridgehead atoms. The Labute approximate surface area is 178 Å². The van der Waals surface area contributed by atoms with Crippen LogP contribution in [0.25, 0.3) is 0 Å². The third kappa shape index (κ3) is 6.70. The predicted molar refractivity (Wildman–Crippen MR) is 115 cm³/mol. The molecule has 5 nitrogen and oxygen atoms in total. The highest BCUT2D eigenvalue weighted by Gasteiger charge is 2.26. The van der Waals surface area contributed by atoms with Crippen molar-refractivity contribution in [1.82, 2.24) is 10.2 Å². The van der Waals surface area contributed by atoms with Gasteiger partial charge < -0.3 is 15.0 Å². The van der Waals surface area contributed by atoms with E-state index in [0.29, 0.717) is 17.3 Å². The minimum Gasteiger partial charge on any atom is -0.484 e. The highest BCUT2D eigenvalue weighted by atomic mass is 127. The molecule has 0 spiro atoms. The number of hydrogen-bond donors (Lipinski definition) is 1. The van der Waals surface area contributed by atoms with E-state index < -0.39 is 6.04 Å². The van der Waals surface area contributed by atoms with Gasteiger partial charge in [0.2, 0.25) is 5.91 Å². The van der Waals surface area contributed by atoms with Gasteiger partial charge in [0, 0.05) is 21.7 Å². The number of ether oxygens (including phenoxy) is 1. The number of carbonyl (C=O) groups excluding carboxylic acids is 2. The largest absolute Gasteiger partial charge is 0.484 e. The van der Waals surface area contributed by atoms with Gasteiger partial charge in [0.25, 0.3) is 5.91 Å². The first-order chi connectivity index (χ1) is 12.9. The summed E-state index contributed by atoms with van der Waals surface area (Å²) in [7, 11) is 0. The second kappa shape index (κ2) is 10.5. The molecule has 0 aliphatic rings. The van der Waals surface area contributed by atoms with Gasteiger partial charge in [-0.25, -0.2) is 0 Å². The number of hydrogen-bond acceptors (Lipinski definition) is 3. The van der Waals surface area contributed by atoms with E-state index >= 15 is 0 Å². The Balaban J connectivity index is 2.12. The third-order valence-corrected chi connectivity index (χ3v) is 4.89. The summed E-state index contributed by atoms with van der Waals surface area (Å²) in [6.45, 7) is 4.17. The Morgan fingerprint density at radius 1 is 1.22 bits per heavy atom. The van der Waals surface area contributed by atoms with Gasteiger partial charge in [0.05, 0.1) is 0 Å². The number of rotatable bonds is 8. The zero-order valence-corrected chi connectivity index (χ0v) is 18.2. The number of amides is 2. The second-order valence-corrected chi connectivity index (χ2v) is 7.65. The lowest BCUT2D eigenvalue weighted by molar-refractivity contribution is -0.142. The van der Waals surface area contributed by atoms with E-state index in [2.05, 4.69) is 27.9 Å². The first-order valence-corrected chi connectivity index (χ1v) is 10.1. The molecule has 0 unspecified atom stereocenters. The van der Waals surface area contributed by atoms with Crippen molar-refractivity contribution >= 4 is 46.0 Å². The SMILES string of the molecule is CCNC(=O)[C@@H](C)N(Cc1cccc(Cl)c1)C(=O)COc1ccc(I)cc1. The van der Waals surface area contributed by atoms with Crippen LogP contribution in [0, 0.1) is 3.57 Å². The molecule has 0 aromatic heterocycles. The van der Waals surface area contributed by atoms with E-state index in [1.54, 1.807) is 19.1 Å². The van der Waals surface area contributed by atoms with E-state index in [0.717, 1.165) is 9.13 Å². The summed E-state index contributed by atoms with van der Waals surface area (Å²) >= 11 is 8.25. The van der Waals surface area contributed by atoms with Crippen molar-refractivity contribution in [3.05, 3.63) is 62.7 Å². The monoisotopic (exact) mass is 500 g/mol. The molecular formula is C20H22ClIN2O3. The van der Waals surface area contributed by atoms with Gasteiger partial charge in [-0.15, -0.1) is 0 Å². The molecule has 144 valence electrons. The maximum Gasteiger partial charge on any atom is 0.261 e. The van der Waals surface area contributed by atoms with Crippen LogP contribution in [0.15, 0.2) is 48.5 Å². The van der Waals surface area contributed by atoms with E-state index in [4.69, 9.17) is 16.3 Å². The topological polar surface area (TPSA) is 58.6 Å². The van der Waals surface area contributed by atoms with Crippen molar-refractivity contribution in [1.29, 1.82) is 0 Å². The molecule has 2 rings (SSSR count). The molecule has 0 fully saturated rings. The van der Waals surface area contributed by atoms with Gasteiger partial charge in [-0.2, -0.15) is 0 Å². The molecule has 0 radical (unpaired) electrons. The Morgan fingerprint density at radius 2 is 1.93 bits per heavy atom. The van der Waals surface area contributed by atoms with Gasteiger partial charge in [-0.1, -0.05) is 23.7 Å². The fraction of sp³-hybridized carbons (Fsp3) is 0.300. The van der Waals surface area contributed by atoms with Crippen LogP contribution in [0.2, 0.25) is 5.02 Å². The van der Waals surface area contributed by atoms with Crippen LogP contribution in [-0.4, -0.2) is 35.9 Å². The van der Waals surface area contributed by atoms with Crippen molar-refractivity contribution in [2.24, 2.45) is 0 Å². The molecule has 7 heteroatoms. The van der Waals surface area contributed by atoms with Gasteiger partial charge in [-0.3, -0.25) is 9.59 Å². The Bertz CT molecular complexity index is 783. The average Bonchev–Trinajstić information content (AvgIpc) is 2.65. The number of benzene rings is 2. The minimum absolute atomic E-state index is 0.148. The van der Waals surface area contributed by atoms with Gasteiger partial charge in [0.15, 0.2) is 6.61 Å². The molecule has 2 aromatic rings. The van der Waals surface area contributed by atoms with Crippen LogP contribution >= 0.6 is 34.2 Å². The highest BCUT2D eigenvalue weighted by Crippen LogP contribution is 2.16. The lowest BCUT2D eigenvalue weighted by atomic mass is 10.1. The summed E-state index contributed by atoms with van der Waals surface area (Å²) < 4.78 is 6.68. The minimum atomic E-state index is -0.628. The van der Waals surface area contributed by atoms with Crippen molar-refractivity contribution in [3.8, 4) is 5.75 Å². The van der Waals surface area contributed by atoms with Crippen molar-refractivity contribution in [3.63, 3.8) is 0 Å². The van der Waals surface area contributed by atoms with E-state index in [1.807, 2.05) is 43.3 Å². The predicted octanol–water partition coefficient (Wildman–Crippen LogP) is 3.88. The van der Waals surface area contributed by atoms with Crippen LogP contribution in [0.3, 0.4) is 0 Å². The molecule has 27 heavy (non-hydrogen) atoms. The zero-order chi connectivity index (χ0) is 19.8. The summed E-state index contributed by atoms with van der Waals surface area (Å²) in [5.74, 6) is 0.131. The molecule has 0 aliphatic carbocycles. The number of halogens is 2. The van der Waals surface area contributed by atoms with Crippen molar-refractivity contribution < 1.29 is 14.3 Å². The average molecular weight is 501 g/mol. The van der Waals surface area contributed by atoms with Crippen molar-refractivity contribution in [2.75, 3.05) is 13.2 Å². The maximum atomic E-state index is 12.8. The summed E-state index contributed by atoms with van der Waals surface area (Å²) in [5.41, 5.74) is 0.848. The molecule has 2 amide bonds. The molecule has 0 saturated carbocycles. The van der Waals surface area contributed by atoms with Crippen LogP contribution in [-0.2, 0) is 16.1 Å². The van der Waals surface area contributed by atoms with E-state index in [1.165, 1.54) is 4.90 Å². The molecule has 2 aromatic carbocycles. The number of nitrogens with zero attached hydrogens (tertiary/aromatic N) is 1. The normalized spacial score (nSPS) is 11.6. The summed E-state index contributed by atoms with van der Waals surface area (Å²) in [4.78, 5) is 26.6. The van der Waals surface area contributed by atoms with Crippen molar-refractivity contribution in [2.45, 2.75) is 26.4 Å². The van der Waals surface area contributed by atoms with Crippen LogP contribution in [0.4, 0.5) is 0 Å². The number of carbonyl (C=O) groups is 2. The van der Waals surface area contributed by atoms with Gasteiger partial charge in [-0.05, 0) is 78.4 Å². The summed E-state index contributed by atoms with van der Waals surface area (Å²) in [6, 6.07) is 14.0. The highest BCUT2D eigenvalue weighted by molar-refractivity contribution is 14.1. The molecule has 0 saturated heterocycles. The number of likely N-dealkylation sites (N-methyl/N-ethyl adjacent to an activating group) is 1. The third-order valence-electron chi connectivity index (χ3n) is 3.94. The standard InChI is InChI=1S/C20H22ClIN2O3/c1-3-23-20(26)14(2)24(12-15-5-4-6-16(21)11-15)19(25)13-27-18-9-7-17(22)8-10-18/h4-11,14H,3,12-13H2,1-2H3,(H,23,26)/t14-/m1/s1. The van der Waals surface area contributed by atoms with Crippen LogP contribution < -0.4 is 10.1 Å². The second-order valence-electron chi connectivity index (χ2n) is 5.96. The Hall–Kier alpha value is -1.80. The first-order valence-electron chi connectivity index (χ1n) is 8.60. The molecule has 1 atom stereocenters. The molecule has 0 heterocycles. The molecule has 0 aliphatic heterocycles. The molecular weight excluding hydrogens is 479 g/mol. The lowest BCUT2D eigenvalue weighted by Crippen LogP contribution is -2.49. The fourth-order valence-corrected chi connectivity index (χ4v) is 3.07. The summed E-state index contributed by atoms with van der Waals surface area (Å²) in [5, 5.41) is 3.34. The first kappa shape index (κ1) is 21.5. The Kier molecular flexibility index (Phi) is 8.37. The van der Waals surface area contributed by atoms with Crippen LogP contribution in [0.1, 0.15) is 19.4 Å². The lowest BCUT2D eigenvalue weighted by Gasteiger charge is -2.28. The van der Waals surface area contributed by atoms with Gasteiger partial charge >= 0.3 is 0 Å². The maximum absolute atomic E-state index is 12.8. The van der Waals surface area contributed by atoms with Crippen LogP contribution in [0.5, 0.6) is 5.75 Å². The summed E-state index contributed by atoms with van der Waals surface area (Å²) in [6.07, 6.45) is 0. The fourth-order valence-electron chi connectivity index (χ4n) is 2.50.